The van der Waals surface area contributed by atoms with E-state index in [1.807, 2.05) is 6.07 Å². The van der Waals surface area contributed by atoms with Crippen LogP contribution in [-0.4, -0.2) is 36.2 Å². The third-order valence-corrected chi connectivity index (χ3v) is 8.95. The predicted molar refractivity (Wildman–Crippen MR) is 124 cm³/mol. The Morgan fingerprint density at radius 2 is 1.91 bits per heavy atom. The maximum Gasteiger partial charge on any atom is 0.286 e. The Bertz CT molecular complexity index is 1480. The van der Waals surface area contributed by atoms with Crippen LogP contribution in [0.1, 0.15) is 30.4 Å². The Balaban J connectivity index is 1.44. The van der Waals surface area contributed by atoms with Crippen LogP contribution in [-0.2, 0) is 21.4 Å². The molecule has 178 valence electrons. The van der Waals surface area contributed by atoms with Crippen LogP contribution >= 0.6 is 0 Å². The largest absolute Gasteiger partial charge is 0.511 e. The average Bonchev–Trinajstić information content (AvgIpc) is 3.45. The maximum absolute atomic E-state index is 13.8. The minimum absolute atomic E-state index is 0.124. The van der Waals surface area contributed by atoms with E-state index < -0.39 is 15.9 Å². The zero-order chi connectivity index (χ0) is 24.5. The highest BCUT2D eigenvalue weighted by Crippen LogP contribution is 2.55. The van der Waals surface area contributed by atoms with E-state index in [-0.39, 0.29) is 69.5 Å². The number of nitrogens with one attached hydrogen (secondary N) is 1. The molecule has 35 heavy (non-hydrogen) atoms. The number of hydrogen-bond donors (Lipinski definition) is 2. The summed E-state index contributed by atoms with van der Waals surface area (Å²) in [5.74, 6) is -1.12. The standard InChI is InChI=1S/C25H21FN4O4S/c26-17-6-1-13(2-7-17)12-30-22-16-5-4-15(10-16)20(22)23(31)21(25(30)32)24-28-18-8-3-14(11-27)9-19(18)35(33,34)29-24/h1-3,6-9,15-16,20,22,31H,4-5,10,12H2,(H,28,29)/t15?,16-,20?,22?/m1/s1. The molecule has 2 fully saturated rings. The molecule has 4 atom stereocenters. The first-order valence-corrected chi connectivity index (χ1v) is 12.9. The monoisotopic (exact) mass is 492 g/mol. The molecule has 2 aromatic rings. The number of benzene rings is 2. The van der Waals surface area contributed by atoms with Crippen molar-refractivity contribution < 1.29 is 22.7 Å². The molecule has 2 aliphatic heterocycles. The summed E-state index contributed by atoms with van der Waals surface area (Å²) in [6, 6.07) is 11.7. The molecule has 6 rings (SSSR count). The average molecular weight is 493 g/mol. The lowest BCUT2D eigenvalue weighted by Gasteiger charge is -2.44. The van der Waals surface area contributed by atoms with Gasteiger partial charge in [-0.3, -0.25) is 4.79 Å². The molecule has 2 aliphatic carbocycles. The first-order chi connectivity index (χ1) is 16.8. The number of fused-ring (bicyclic) bond motifs is 6. The van der Waals surface area contributed by atoms with Gasteiger partial charge in [0.1, 0.15) is 22.0 Å². The molecular formula is C25H21FN4O4S. The maximum atomic E-state index is 13.8. The van der Waals surface area contributed by atoms with Crippen molar-refractivity contribution in [3.05, 3.63) is 70.7 Å². The summed E-state index contributed by atoms with van der Waals surface area (Å²) in [5, 5.41) is 23.4. The molecule has 0 aromatic heterocycles. The zero-order valence-corrected chi connectivity index (χ0v) is 19.3. The minimum Gasteiger partial charge on any atom is -0.511 e. The Morgan fingerprint density at radius 3 is 2.66 bits per heavy atom. The number of sulfonamides is 1. The second-order valence-electron chi connectivity index (χ2n) is 9.53. The summed E-state index contributed by atoms with van der Waals surface area (Å²) in [4.78, 5) is 15.3. The van der Waals surface area contributed by atoms with Gasteiger partial charge >= 0.3 is 0 Å². The summed E-state index contributed by atoms with van der Waals surface area (Å²) in [6.07, 6.45) is 2.78. The lowest BCUT2D eigenvalue weighted by molar-refractivity contribution is -0.134. The van der Waals surface area contributed by atoms with Gasteiger partial charge < -0.3 is 15.3 Å². The van der Waals surface area contributed by atoms with Crippen molar-refractivity contribution in [2.75, 3.05) is 5.32 Å². The number of carbonyl (C=O) groups excluding carboxylic acids is 1. The molecule has 4 aliphatic rings. The number of carbonyl (C=O) groups is 1. The number of rotatable bonds is 3. The van der Waals surface area contributed by atoms with Crippen LogP contribution < -0.4 is 5.32 Å². The highest BCUT2D eigenvalue weighted by Gasteiger charge is 2.57. The van der Waals surface area contributed by atoms with Gasteiger partial charge in [0.2, 0.25) is 0 Å². The number of hydrogen-bond acceptors (Lipinski definition) is 6. The first kappa shape index (κ1) is 21.8. The van der Waals surface area contributed by atoms with Gasteiger partial charge in [0.05, 0.1) is 17.3 Å². The number of anilines is 1. The quantitative estimate of drug-likeness (QED) is 0.676. The highest BCUT2D eigenvalue weighted by atomic mass is 32.2. The van der Waals surface area contributed by atoms with Gasteiger partial charge in [0.25, 0.3) is 15.9 Å². The number of amides is 1. The second kappa shape index (κ2) is 7.65. The Morgan fingerprint density at radius 1 is 1.17 bits per heavy atom. The molecule has 3 unspecified atom stereocenters. The molecule has 0 spiro atoms. The lowest BCUT2D eigenvalue weighted by Crippen LogP contribution is -2.53. The topological polar surface area (TPSA) is 123 Å². The molecule has 0 saturated heterocycles. The Hall–Kier alpha value is -3.71. The minimum atomic E-state index is -4.22. The van der Waals surface area contributed by atoms with Crippen molar-refractivity contribution in [1.82, 2.24) is 4.90 Å². The molecule has 2 aromatic carbocycles. The Kier molecular flexibility index (Phi) is 4.76. The number of nitriles is 1. The Labute approximate surface area is 201 Å². The molecule has 1 amide bonds. The lowest BCUT2D eigenvalue weighted by atomic mass is 9.77. The van der Waals surface area contributed by atoms with Crippen LogP contribution in [0.4, 0.5) is 10.1 Å². The number of aliphatic hydroxyl groups is 1. The van der Waals surface area contributed by atoms with Gasteiger partial charge in [-0.2, -0.15) is 13.7 Å². The van der Waals surface area contributed by atoms with Crippen molar-refractivity contribution in [2.45, 2.75) is 36.7 Å². The molecule has 2 heterocycles. The van der Waals surface area contributed by atoms with Crippen molar-refractivity contribution in [2.24, 2.45) is 22.2 Å². The van der Waals surface area contributed by atoms with E-state index in [0.717, 1.165) is 24.8 Å². The zero-order valence-electron chi connectivity index (χ0n) is 18.5. The number of aliphatic hydroxyl groups excluding tert-OH is 1. The second-order valence-corrected chi connectivity index (χ2v) is 11.1. The van der Waals surface area contributed by atoms with Crippen molar-refractivity contribution >= 4 is 27.5 Å². The van der Waals surface area contributed by atoms with Gasteiger partial charge in [-0.25, -0.2) is 4.39 Å². The van der Waals surface area contributed by atoms with Gasteiger partial charge in [-0.1, -0.05) is 12.1 Å². The van der Waals surface area contributed by atoms with Gasteiger partial charge in [0.15, 0.2) is 5.84 Å². The number of halogens is 1. The van der Waals surface area contributed by atoms with Crippen LogP contribution in [0.2, 0.25) is 0 Å². The van der Waals surface area contributed by atoms with Gasteiger partial charge in [-0.15, -0.1) is 4.40 Å². The molecule has 2 N–H and O–H groups in total. The van der Waals surface area contributed by atoms with Crippen LogP contribution in [0.25, 0.3) is 0 Å². The van der Waals surface area contributed by atoms with Crippen molar-refractivity contribution in [3.63, 3.8) is 0 Å². The van der Waals surface area contributed by atoms with E-state index in [1.54, 1.807) is 17.0 Å². The predicted octanol–water partition coefficient (Wildman–Crippen LogP) is 3.48. The van der Waals surface area contributed by atoms with Crippen LogP contribution in [0.15, 0.2) is 63.1 Å². The summed E-state index contributed by atoms with van der Waals surface area (Å²) < 4.78 is 43.2. The van der Waals surface area contributed by atoms with Crippen LogP contribution in [0.5, 0.6) is 0 Å². The summed E-state index contributed by atoms with van der Waals surface area (Å²) in [5.41, 5.74) is 0.933. The highest BCUT2D eigenvalue weighted by molar-refractivity contribution is 7.90. The van der Waals surface area contributed by atoms with Crippen LogP contribution in [0.3, 0.4) is 0 Å². The van der Waals surface area contributed by atoms with Gasteiger partial charge in [-0.05, 0) is 67.0 Å². The van der Waals surface area contributed by atoms with E-state index >= 15 is 0 Å². The van der Waals surface area contributed by atoms with E-state index in [1.165, 1.54) is 30.3 Å². The fourth-order valence-corrected chi connectivity index (χ4v) is 7.32. The normalized spacial score (nSPS) is 28.2. The van der Waals surface area contributed by atoms with E-state index in [2.05, 4.69) is 9.71 Å². The van der Waals surface area contributed by atoms with Crippen LogP contribution in [0, 0.1) is 34.9 Å². The van der Waals surface area contributed by atoms with E-state index in [9.17, 15) is 22.7 Å². The van der Waals surface area contributed by atoms with Gasteiger partial charge in [0, 0.05) is 18.5 Å². The van der Waals surface area contributed by atoms with Crippen molar-refractivity contribution in [3.8, 4) is 6.07 Å². The smallest absolute Gasteiger partial charge is 0.286 e. The molecule has 2 bridgehead atoms. The number of nitrogens with zero attached hydrogens (tertiary/aromatic N) is 3. The summed E-state index contributed by atoms with van der Waals surface area (Å²) in [7, 11) is -4.22. The fourth-order valence-electron chi connectivity index (χ4n) is 6.17. The molecular weight excluding hydrogens is 471 g/mol. The SMILES string of the molecule is N#Cc1ccc2c(c1)S(=O)(=O)N=C(C1=C(O)C3C4CC[C@H](C4)C3N(Cc3ccc(F)cc3)C1=O)N2. The van der Waals surface area contributed by atoms with E-state index in [0.29, 0.717) is 0 Å². The fraction of sp³-hybridized carbons (Fsp3) is 0.320. The third kappa shape index (κ3) is 3.33. The molecule has 10 heteroatoms. The van der Waals surface area contributed by atoms with E-state index in [4.69, 9.17) is 5.26 Å². The molecule has 8 nitrogen and oxygen atoms in total. The first-order valence-electron chi connectivity index (χ1n) is 11.4. The summed E-state index contributed by atoms with van der Waals surface area (Å²) in [6.45, 7) is 0.211. The summed E-state index contributed by atoms with van der Waals surface area (Å²) >= 11 is 0. The molecule has 2 saturated carbocycles. The number of amidine groups is 1. The van der Waals surface area contributed by atoms with Crippen molar-refractivity contribution in [1.29, 1.82) is 5.26 Å². The third-order valence-electron chi connectivity index (χ3n) is 7.64. The molecule has 0 radical (unpaired) electrons.